The maximum Gasteiger partial charge on any atom is 0.401 e. The van der Waals surface area contributed by atoms with E-state index in [4.69, 9.17) is 0 Å². The van der Waals surface area contributed by atoms with Gasteiger partial charge in [-0.25, -0.2) is 4.79 Å². The molecule has 10 heteroatoms. The minimum atomic E-state index is -4.18. The number of piperidine rings is 1. The third kappa shape index (κ3) is 7.52. The average molecular weight is 448 g/mol. The van der Waals surface area contributed by atoms with Crippen molar-refractivity contribution < 1.29 is 22.8 Å². The second-order valence-corrected chi connectivity index (χ2v) is 9.70. The molecular weight excluding hydrogens is 411 g/mol. The molecule has 3 rings (SSSR count). The second-order valence-electron chi connectivity index (χ2n) is 9.70. The number of hydrogen-bond acceptors (Lipinski definition) is 4. The van der Waals surface area contributed by atoms with Crippen molar-refractivity contribution >= 4 is 11.9 Å². The van der Waals surface area contributed by atoms with Crippen LogP contribution >= 0.6 is 0 Å². The fourth-order valence-corrected chi connectivity index (χ4v) is 5.09. The fourth-order valence-electron chi connectivity index (χ4n) is 5.09. The zero-order chi connectivity index (χ0) is 22.6. The number of hydrogen-bond donors (Lipinski definition) is 1. The summed E-state index contributed by atoms with van der Waals surface area (Å²) in [5.41, 5.74) is 0. The standard InChI is InChI=1S/C21H36F3N5O2/c1-16-9-17(2)12-29(11-16)19(30)14-26-5-7-28(8-6-26)20(31)25-10-18-3-4-27(13-18)15-21(22,23)24/h16-18H,3-15H2,1-2H3,(H,25,31). The van der Waals surface area contributed by atoms with E-state index in [1.165, 1.54) is 11.3 Å². The first-order valence-corrected chi connectivity index (χ1v) is 11.4. The highest BCUT2D eigenvalue weighted by molar-refractivity contribution is 5.78. The Morgan fingerprint density at radius 1 is 0.903 bits per heavy atom. The van der Waals surface area contributed by atoms with E-state index in [9.17, 15) is 22.8 Å². The number of alkyl halides is 3. The van der Waals surface area contributed by atoms with Gasteiger partial charge in [-0.2, -0.15) is 13.2 Å². The normalized spacial score (nSPS) is 28.7. The molecule has 0 aromatic carbocycles. The molecule has 3 aliphatic rings. The van der Waals surface area contributed by atoms with Crippen LogP contribution in [0.5, 0.6) is 0 Å². The van der Waals surface area contributed by atoms with Gasteiger partial charge in [-0.1, -0.05) is 13.8 Å². The van der Waals surface area contributed by atoms with Crippen LogP contribution in [0.3, 0.4) is 0 Å². The molecule has 0 aromatic heterocycles. The molecule has 3 unspecified atom stereocenters. The number of carbonyl (C=O) groups excluding carboxylic acids is 2. The topological polar surface area (TPSA) is 59.1 Å². The average Bonchev–Trinajstić information content (AvgIpc) is 3.11. The first-order valence-electron chi connectivity index (χ1n) is 11.4. The highest BCUT2D eigenvalue weighted by Gasteiger charge is 2.34. The molecule has 0 aromatic rings. The molecule has 3 atom stereocenters. The van der Waals surface area contributed by atoms with E-state index < -0.39 is 12.7 Å². The number of halogens is 3. The lowest BCUT2D eigenvalue weighted by molar-refractivity contribution is -0.143. The summed E-state index contributed by atoms with van der Waals surface area (Å²) in [4.78, 5) is 32.3. The van der Waals surface area contributed by atoms with E-state index in [2.05, 4.69) is 24.1 Å². The molecule has 178 valence electrons. The van der Waals surface area contributed by atoms with Gasteiger partial charge in [0, 0.05) is 52.4 Å². The van der Waals surface area contributed by atoms with Crippen molar-refractivity contribution in [1.29, 1.82) is 0 Å². The summed E-state index contributed by atoms with van der Waals surface area (Å²) in [7, 11) is 0. The Balaban J connectivity index is 1.33. The number of piperazine rings is 1. The molecule has 0 aliphatic carbocycles. The molecule has 0 radical (unpaired) electrons. The number of carbonyl (C=O) groups is 2. The van der Waals surface area contributed by atoms with Gasteiger partial charge in [-0.05, 0) is 37.1 Å². The van der Waals surface area contributed by atoms with Crippen LogP contribution in [0, 0.1) is 17.8 Å². The number of rotatable bonds is 5. The smallest absolute Gasteiger partial charge is 0.341 e. The number of amides is 3. The monoisotopic (exact) mass is 447 g/mol. The summed E-state index contributed by atoms with van der Waals surface area (Å²) < 4.78 is 37.5. The third-order valence-corrected chi connectivity index (χ3v) is 6.55. The van der Waals surface area contributed by atoms with Crippen LogP contribution < -0.4 is 5.32 Å². The van der Waals surface area contributed by atoms with Gasteiger partial charge < -0.3 is 15.1 Å². The Morgan fingerprint density at radius 3 is 2.16 bits per heavy atom. The van der Waals surface area contributed by atoms with Crippen LogP contribution in [0.2, 0.25) is 0 Å². The summed E-state index contributed by atoms with van der Waals surface area (Å²) in [5, 5.41) is 2.88. The maximum atomic E-state index is 12.7. The lowest BCUT2D eigenvalue weighted by atomic mass is 9.92. The van der Waals surface area contributed by atoms with E-state index in [0.717, 1.165) is 13.1 Å². The predicted molar refractivity (Wildman–Crippen MR) is 112 cm³/mol. The quantitative estimate of drug-likeness (QED) is 0.697. The van der Waals surface area contributed by atoms with Crippen LogP contribution in [-0.2, 0) is 4.79 Å². The maximum absolute atomic E-state index is 12.7. The van der Waals surface area contributed by atoms with Crippen LogP contribution in [0.1, 0.15) is 26.7 Å². The fraction of sp³-hybridized carbons (Fsp3) is 0.905. The Labute approximate surface area is 182 Å². The molecule has 3 aliphatic heterocycles. The number of nitrogens with one attached hydrogen (secondary N) is 1. The molecular formula is C21H36F3N5O2. The van der Waals surface area contributed by atoms with Crippen molar-refractivity contribution in [1.82, 2.24) is 24.9 Å². The summed E-state index contributed by atoms with van der Waals surface area (Å²) >= 11 is 0. The number of likely N-dealkylation sites (tertiary alicyclic amines) is 2. The summed E-state index contributed by atoms with van der Waals surface area (Å²) in [6.07, 6.45) is -2.34. The Morgan fingerprint density at radius 2 is 1.55 bits per heavy atom. The van der Waals surface area contributed by atoms with Crippen LogP contribution in [0.25, 0.3) is 0 Å². The Bertz CT molecular complexity index is 615. The van der Waals surface area contributed by atoms with Gasteiger partial charge >= 0.3 is 12.2 Å². The molecule has 3 amide bonds. The van der Waals surface area contributed by atoms with Crippen LogP contribution in [0.4, 0.5) is 18.0 Å². The largest absolute Gasteiger partial charge is 0.401 e. The molecule has 7 nitrogen and oxygen atoms in total. The van der Waals surface area contributed by atoms with Gasteiger partial charge in [0.05, 0.1) is 13.1 Å². The van der Waals surface area contributed by atoms with Crippen molar-refractivity contribution in [3.8, 4) is 0 Å². The minimum absolute atomic E-state index is 0.0551. The van der Waals surface area contributed by atoms with E-state index in [1.54, 1.807) is 4.90 Å². The van der Waals surface area contributed by atoms with Gasteiger partial charge in [0.25, 0.3) is 0 Å². The van der Waals surface area contributed by atoms with Crippen molar-refractivity contribution in [2.45, 2.75) is 32.9 Å². The molecule has 0 saturated carbocycles. The first-order chi connectivity index (χ1) is 14.6. The van der Waals surface area contributed by atoms with Crippen LogP contribution in [-0.4, -0.2) is 110 Å². The van der Waals surface area contributed by atoms with E-state index in [1.807, 2.05) is 4.90 Å². The minimum Gasteiger partial charge on any atom is -0.341 e. The van der Waals surface area contributed by atoms with Crippen molar-refractivity contribution in [3.05, 3.63) is 0 Å². The summed E-state index contributed by atoms with van der Waals surface area (Å²) in [5.74, 6) is 1.29. The van der Waals surface area contributed by atoms with Gasteiger partial charge in [0.2, 0.25) is 5.91 Å². The van der Waals surface area contributed by atoms with E-state index in [-0.39, 0.29) is 17.9 Å². The van der Waals surface area contributed by atoms with Crippen LogP contribution in [0.15, 0.2) is 0 Å². The second kappa shape index (κ2) is 10.4. The summed E-state index contributed by atoms with van der Waals surface area (Å²) in [6, 6.07) is -0.168. The van der Waals surface area contributed by atoms with Gasteiger partial charge in [-0.3, -0.25) is 14.6 Å². The van der Waals surface area contributed by atoms with Crippen molar-refractivity contribution in [2.24, 2.45) is 17.8 Å². The molecule has 3 heterocycles. The Kier molecular flexibility index (Phi) is 8.07. The number of nitrogens with zero attached hydrogens (tertiary/aromatic N) is 4. The predicted octanol–water partition coefficient (Wildman–Crippen LogP) is 1.70. The highest BCUT2D eigenvalue weighted by Crippen LogP contribution is 2.23. The van der Waals surface area contributed by atoms with Gasteiger partial charge in [0.15, 0.2) is 0 Å². The third-order valence-electron chi connectivity index (χ3n) is 6.55. The van der Waals surface area contributed by atoms with Gasteiger partial charge in [0.1, 0.15) is 0 Å². The molecule has 31 heavy (non-hydrogen) atoms. The molecule has 0 spiro atoms. The zero-order valence-corrected chi connectivity index (χ0v) is 18.7. The van der Waals surface area contributed by atoms with E-state index >= 15 is 0 Å². The van der Waals surface area contributed by atoms with E-state index in [0.29, 0.717) is 70.6 Å². The zero-order valence-electron chi connectivity index (χ0n) is 18.7. The lowest BCUT2D eigenvalue weighted by Gasteiger charge is -2.38. The Hall–Kier alpha value is -1.55. The highest BCUT2D eigenvalue weighted by atomic mass is 19.4. The van der Waals surface area contributed by atoms with Crippen molar-refractivity contribution in [2.75, 3.05) is 72.0 Å². The van der Waals surface area contributed by atoms with Crippen molar-refractivity contribution in [3.63, 3.8) is 0 Å². The molecule has 3 saturated heterocycles. The molecule has 1 N–H and O–H groups in total. The number of urea groups is 1. The lowest BCUT2D eigenvalue weighted by Crippen LogP contribution is -2.55. The summed E-state index contributed by atoms with van der Waals surface area (Å²) in [6.45, 7) is 9.14. The van der Waals surface area contributed by atoms with Gasteiger partial charge in [-0.15, -0.1) is 0 Å². The molecule has 0 bridgehead atoms. The SMILES string of the molecule is CC1CC(C)CN(C(=O)CN2CCN(C(=O)NCC3CCN(CC(F)(F)F)C3)CC2)C1. The molecule has 3 fully saturated rings. The first kappa shape index (κ1) is 24.1.